The average molecular weight is 427 g/mol. The zero-order valence-electron chi connectivity index (χ0n) is 17.7. The van der Waals surface area contributed by atoms with Crippen LogP contribution >= 0.6 is 11.3 Å². The highest BCUT2D eigenvalue weighted by Gasteiger charge is 2.49. The topological polar surface area (TPSA) is 0 Å². The molecule has 0 fully saturated rings. The van der Waals surface area contributed by atoms with E-state index in [0.717, 1.165) is 6.42 Å². The summed E-state index contributed by atoms with van der Waals surface area (Å²) in [7, 11) is 0. The molecule has 0 spiro atoms. The van der Waals surface area contributed by atoms with E-state index >= 15 is 0 Å². The second kappa shape index (κ2) is 6.79. The lowest BCUT2D eigenvalue weighted by atomic mass is 9.62. The van der Waals surface area contributed by atoms with Crippen LogP contribution in [0.2, 0.25) is 0 Å². The van der Waals surface area contributed by atoms with Crippen LogP contribution in [-0.4, -0.2) is 0 Å². The maximum absolute atomic E-state index is 2.51. The van der Waals surface area contributed by atoms with E-state index in [1.54, 1.807) is 0 Å². The minimum absolute atomic E-state index is 0.182. The lowest BCUT2D eigenvalue weighted by molar-refractivity contribution is 0.458. The van der Waals surface area contributed by atoms with E-state index in [1.807, 2.05) is 11.3 Å². The van der Waals surface area contributed by atoms with Crippen LogP contribution in [0.3, 0.4) is 0 Å². The molecule has 0 amide bonds. The van der Waals surface area contributed by atoms with E-state index in [2.05, 4.69) is 115 Å². The predicted octanol–water partition coefficient (Wildman–Crippen LogP) is 8.50. The van der Waals surface area contributed by atoms with Gasteiger partial charge < -0.3 is 0 Å². The summed E-state index contributed by atoms with van der Waals surface area (Å²) >= 11 is 1.92. The second-order valence-electron chi connectivity index (χ2n) is 8.87. The highest BCUT2D eigenvalue weighted by atomic mass is 32.1. The van der Waals surface area contributed by atoms with Crippen LogP contribution in [0.1, 0.15) is 23.1 Å². The maximum atomic E-state index is 2.51. The van der Waals surface area contributed by atoms with Crippen LogP contribution in [0.4, 0.5) is 0 Å². The Morgan fingerprint density at radius 2 is 1.47 bits per heavy atom. The van der Waals surface area contributed by atoms with Gasteiger partial charge in [0.15, 0.2) is 0 Å². The van der Waals surface area contributed by atoms with Crippen LogP contribution in [0.5, 0.6) is 0 Å². The second-order valence-corrected chi connectivity index (χ2v) is 9.95. The van der Waals surface area contributed by atoms with Gasteiger partial charge in [0.05, 0.1) is 5.41 Å². The zero-order chi connectivity index (χ0) is 21.1. The summed E-state index contributed by atoms with van der Waals surface area (Å²) in [6, 6.07) is 34.0. The molecule has 0 saturated heterocycles. The average Bonchev–Trinajstić information content (AvgIpc) is 3.37. The van der Waals surface area contributed by atoms with Crippen molar-refractivity contribution in [3.05, 3.63) is 132 Å². The van der Waals surface area contributed by atoms with E-state index in [1.165, 1.54) is 48.0 Å². The third-order valence-corrected chi connectivity index (χ3v) is 8.48. The van der Waals surface area contributed by atoms with Gasteiger partial charge in [0.25, 0.3) is 0 Å². The van der Waals surface area contributed by atoms with Crippen molar-refractivity contribution in [2.75, 3.05) is 0 Å². The summed E-state index contributed by atoms with van der Waals surface area (Å²) in [6.07, 6.45) is 10.2. The molecule has 0 radical (unpaired) electrons. The van der Waals surface area contributed by atoms with Crippen molar-refractivity contribution in [2.24, 2.45) is 5.92 Å². The zero-order valence-corrected chi connectivity index (χ0v) is 18.5. The molecule has 0 bridgehead atoms. The first-order valence-corrected chi connectivity index (χ1v) is 12.1. The molecule has 2 aliphatic carbocycles. The Balaban J connectivity index is 1.64. The van der Waals surface area contributed by atoms with Crippen molar-refractivity contribution in [3.63, 3.8) is 0 Å². The third kappa shape index (κ3) is 2.32. The van der Waals surface area contributed by atoms with Gasteiger partial charge in [-0.3, -0.25) is 0 Å². The van der Waals surface area contributed by atoms with Crippen molar-refractivity contribution in [2.45, 2.75) is 11.8 Å². The normalized spacial score (nSPS) is 21.2. The van der Waals surface area contributed by atoms with Crippen molar-refractivity contribution >= 4 is 31.5 Å². The summed E-state index contributed by atoms with van der Waals surface area (Å²) in [5.74, 6) is 0.379. The number of thiophene rings is 1. The first kappa shape index (κ1) is 18.2. The van der Waals surface area contributed by atoms with Gasteiger partial charge in [0, 0.05) is 20.2 Å². The fraction of sp³-hybridized carbons (Fsp3) is 0.0968. The predicted molar refractivity (Wildman–Crippen MR) is 137 cm³/mol. The monoisotopic (exact) mass is 426 g/mol. The standard InChI is InChI=1S/C31H22S/c1-3-11-21(12-4-1)31(22-13-5-2-6-14-22)27-17-9-7-15-23(27)25-19-26-24-16-8-10-18-29(24)32-30(26)20-28(25)31/h1-13,15-20,22H,14H2. The lowest BCUT2D eigenvalue weighted by Crippen LogP contribution is -2.35. The number of rotatable bonds is 2. The van der Waals surface area contributed by atoms with Gasteiger partial charge in [-0.05, 0) is 58.4 Å². The molecule has 7 rings (SSSR count). The molecule has 0 nitrogen and oxygen atoms in total. The van der Waals surface area contributed by atoms with Crippen LogP contribution in [0, 0.1) is 5.92 Å². The summed E-state index contributed by atoms with van der Waals surface area (Å²) in [4.78, 5) is 0. The van der Waals surface area contributed by atoms with Gasteiger partial charge in [-0.25, -0.2) is 0 Å². The first-order chi connectivity index (χ1) is 15.9. The van der Waals surface area contributed by atoms with Crippen LogP contribution in [0.15, 0.2) is 115 Å². The van der Waals surface area contributed by atoms with E-state index < -0.39 is 0 Å². The largest absolute Gasteiger partial charge is 0.135 e. The van der Waals surface area contributed by atoms with Gasteiger partial charge in [-0.2, -0.15) is 0 Å². The number of allylic oxidation sites excluding steroid dienone is 4. The van der Waals surface area contributed by atoms with Gasteiger partial charge in [0.1, 0.15) is 0 Å². The molecule has 4 aromatic carbocycles. The maximum Gasteiger partial charge on any atom is 0.0529 e. The fourth-order valence-corrected chi connectivity index (χ4v) is 7.18. The highest BCUT2D eigenvalue weighted by molar-refractivity contribution is 7.25. The lowest BCUT2D eigenvalue weighted by Gasteiger charge is -2.39. The summed E-state index contributed by atoms with van der Waals surface area (Å²) in [5, 5.41) is 2.74. The minimum Gasteiger partial charge on any atom is -0.135 e. The molecule has 2 atom stereocenters. The SMILES string of the molecule is C1=CCC(C2(c3ccccc3)c3ccccc3-c3cc4c(cc32)sc2ccccc24)C=C1. The first-order valence-electron chi connectivity index (χ1n) is 11.3. The number of hydrogen-bond donors (Lipinski definition) is 0. The molecular weight excluding hydrogens is 404 g/mol. The molecule has 152 valence electrons. The van der Waals surface area contributed by atoms with E-state index in [4.69, 9.17) is 0 Å². The molecule has 0 aliphatic heterocycles. The van der Waals surface area contributed by atoms with Crippen LogP contribution in [-0.2, 0) is 5.41 Å². The summed E-state index contributed by atoms with van der Waals surface area (Å²) in [6.45, 7) is 0. The molecule has 32 heavy (non-hydrogen) atoms. The van der Waals surface area contributed by atoms with Gasteiger partial charge in [0.2, 0.25) is 0 Å². The fourth-order valence-electron chi connectivity index (χ4n) is 6.05. The van der Waals surface area contributed by atoms with Gasteiger partial charge in [-0.1, -0.05) is 97.1 Å². The van der Waals surface area contributed by atoms with Gasteiger partial charge >= 0.3 is 0 Å². The Hall–Kier alpha value is -3.42. The Labute approximate surface area is 192 Å². The summed E-state index contributed by atoms with van der Waals surface area (Å²) < 4.78 is 2.75. The molecule has 1 aromatic heterocycles. The highest BCUT2D eigenvalue weighted by Crippen LogP contribution is 2.59. The minimum atomic E-state index is -0.182. The van der Waals surface area contributed by atoms with Crippen LogP contribution < -0.4 is 0 Å². The quantitative estimate of drug-likeness (QED) is 0.265. The molecule has 2 unspecified atom stereocenters. The Bertz CT molecular complexity index is 1550. The third-order valence-electron chi connectivity index (χ3n) is 7.35. The molecule has 2 aliphatic rings. The van der Waals surface area contributed by atoms with Crippen molar-refractivity contribution in [3.8, 4) is 11.1 Å². The number of benzene rings is 4. The molecule has 5 aromatic rings. The van der Waals surface area contributed by atoms with Crippen LogP contribution in [0.25, 0.3) is 31.3 Å². The molecule has 1 heterocycles. The number of fused-ring (bicyclic) bond motifs is 6. The smallest absolute Gasteiger partial charge is 0.0529 e. The summed E-state index contributed by atoms with van der Waals surface area (Å²) in [5.41, 5.74) is 6.87. The van der Waals surface area contributed by atoms with E-state index in [9.17, 15) is 0 Å². The van der Waals surface area contributed by atoms with Crippen molar-refractivity contribution < 1.29 is 0 Å². The Kier molecular flexibility index (Phi) is 3.86. The number of hydrogen-bond acceptors (Lipinski definition) is 1. The molecule has 1 heteroatoms. The Morgan fingerprint density at radius 3 is 2.34 bits per heavy atom. The molecule has 0 saturated carbocycles. The molecule has 0 N–H and O–H groups in total. The van der Waals surface area contributed by atoms with Crippen molar-refractivity contribution in [1.82, 2.24) is 0 Å². The van der Waals surface area contributed by atoms with Gasteiger partial charge in [-0.15, -0.1) is 11.3 Å². The van der Waals surface area contributed by atoms with E-state index in [-0.39, 0.29) is 5.41 Å². The Morgan fingerprint density at radius 1 is 0.656 bits per heavy atom. The van der Waals surface area contributed by atoms with E-state index in [0.29, 0.717) is 5.92 Å². The molecular formula is C31H22S. The van der Waals surface area contributed by atoms with Crippen molar-refractivity contribution in [1.29, 1.82) is 0 Å².